The van der Waals surface area contributed by atoms with Crippen molar-refractivity contribution in [2.24, 2.45) is 0 Å². The molecule has 1 aromatic carbocycles. The van der Waals surface area contributed by atoms with E-state index >= 15 is 0 Å². The number of aliphatic hydroxyl groups excluding tert-OH is 1. The van der Waals surface area contributed by atoms with Gasteiger partial charge in [-0.2, -0.15) is 24.4 Å². The van der Waals surface area contributed by atoms with Gasteiger partial charge in [-0.05, 0) is 48.3 Å². The maximum absolute atomic E-state index is 12.2. The van der Waals surface area contributed by atoms with Crippen molar-refractivity contribution in [1.82, 2.24) is 4.90 Å². The summed E-state index contributed by atoms with van der Waals surface area (Å²) in [4.78, 5) is 13.7. The second-order valence-electron chi connectivity index (χ2n) is 4.74. The number of thiol groups is 1. The Morgan fingerprint density at radius 1 is 1.43 bits per heavy atom. The van der Waals surface area contributed by atoms with Gasteiger partial charge in [0.2, 0.25) is 5.91 Å². The molecule has 1 N–H and O–H groups in total. The average molecular weight is 348 g/mol. The van der Waals surface area contributed by atoms with Crippen molar-refractivity contribution in [3.05, 3.63) is 34.9 Å². The van der Waals surface area contributed by atoms with Gasteiger partial charge in [-0.15, -0.1) is 0 Å². The number of rotatable bonds is 9. The van der Waals surface area contributed by atoms with Crippen molar-refractivity contribution in [1.29, 1.82) is 0 Å². The van der Waals surface area contributed by atoms with Gasteiger partial charge in [0, 0.05) is 18.0 Å². The molecule has 0 aliphatic carbocycles. The van der Waals surface area contributed by atoms with Gasteiger partial charge in [-0.1, -0.05) is 23.7 Å². The van der Waals surface area contributed by atoms with E-state index in [-0.39, 0.29) is 5.91 Å². The maximum atomic E-state index is 12.2. The molecule has 21 heavy (non-hydrogen) atoms. The average Bonchev–Trinajstić information content (AvgIpc) is 2.47. The number of nitrogens with zero attached hydrogens (tertiary/aromatic N) is 1. The van der Waals surface area contributed by atoms with Crippen LogP contribution in [0.1, 0.15) is 24.8 Å². The van der Waals surface area contributed by atoms with E-state index in [1.54, 1.807) is 23.9 Å². The predicted octanol–water partition coefficient (Wildman–Crippen LogP) is 3.45. The fourth-order valence-corrected chi connectivity index (χ4v) is 2.72. The van der Waals surface area contributed by atoms with Crippen molar-refractivity contribution in [3.8, 4) is 0 Å². The molecule has 118 valence electrons. The first-order valence-electron chi connectivity index (χ1n) is 6.90. The Bertz CT molecular complexity index is 428. The first-order valence-corrected chi connectivity index (χ1v) is 9.30. The van der Waals surface area contributed by atoms with Crippen LogP contribution in [0.25, 0.3) is 0 Å². The summed E-state index contributed by atoms with van der Waals surface area (Å²) in [5.41, 5.74) is 0.954. The molecule has 1 rings (SSSR count). The SMILES string of the molecule is CSCCCC(O)N(Cc1ccc(Cl)cc1)C(=O)CCS. The summed E-state index contributed by atoms with van der Waals surface area (Å²) in [7, 11) is 0. The van der Waals surface area contributed by atoms with Crippen molar-refractivity contribution < 1.29 is 9.90 Å². The molecule has 0 radical (unpaired) electrons. The highest BCUT2D eigenvalue weighted by Gasteiger charge is 2.21. The lowest BCUT2D eigenvalue weighted by Gasteiger charge is -2.28. The number of thioether (sulfide) groups is 1. The van der Waals surface area contributed by atoms with Gasteiger partial charge in [0.25, 0.3) is 0 Å². The minimum Gasteiger partial charge on any atom is -0.374 e. The highest BCUT2D eigenvalue weighted by atomic mass is 35.5. The van der Waals surface area contributed by atoms with Gasteiger partial charge >= 0.3 is 0 Å². The summed E-state index contributed by atoms with van der Waals surface area (Å²) in [5, 5.41) is 11.0. The third-order valence-corrected chi connectivity index (χ3v) is 4.26. The Hall–Kier alpha value is -0.360. The van der Waals surface area contributed by atoms with Gasteiger partial charge < -0.3 is 10.0 Å². The van der Waals surface area contributed by atoms with E-state index in [0.29, 0.717) is 30.2 Å². The van der Waals surface area contributed by atoms with E-state index in [4.69, 9.17) is 11.6 Å². The van der Waals surface area contributed by atoms with Crippen LogP contribution < -0.4 is 0 Å². The molecule has 0 fully saturated rings. The lowest BCUT2D eigenvalue weighted by molar-refractivity contribution is -0.142. The summed E-state index contributed by atoms with van der Waals surface area (Å²) in [6.07, 6.45) is 3.08. The zero-order valence-electron chi connectivity index (χ0n) is 12.2. The fraction of sp³-hybridized carbons (Fsp3) is 0.533. The quantitative estimate of drug-likeness (QED) is 0.408. The van der Waals surface area contributed by atoms with E-state index in [1.807, 2.05) is 18.4 Å². The zero-order valence-corrected chi connectivity index (χ0v) is 14.6. The lowest BCUT2D eigenvalue weighted by atomic mass is 10.2. The molecule has 1 amide bonds. The van der Waals surface area contributed by atoms with Crippen LogP contribution in [0.2, 0.25) is 5.02 Å². The van der Waals surface area contributed by atoms with E-state index in [9.17, 15) is 9.90 Å². The molecular weight excluding hydrogens is 326 g/mol. The summed E-state index contributed by atoms with van der Waals surface area (Å²) in [6.45, 7) is 0.393. The minimum atomic E-state index is -0.750. The Kier molecular flexibility index (Phi) is 9.24. The van der Waals surface area contributed by atoms with Crippen LogP contribution in [0.4, 0.5) is 0 Å². The van der Waals surface area contributed by atoms with Crippen LogP contribution in [-0.4, -0.2) is 39.9 Å². The second kappa shape index (κ2) is 10.4. The smallest absolute Gasteiger partial charge is 0.225 e. The molecule has 6 heteroatoms. The van der Waals surface area contributed by atoms with E-state index < -0.39 is 6.23 Å². The number of amides is 1. The van der Waals surface area contributed by atoms with Crippen molar-refractivity contribution in [3.63, 3.8) is 0 Å². The minimum absolute atomic E-state index is 0.0726. The standard InChI is InChI=1S/C15H22ClNO2S2/c1-21-10-2-3-14(18)17(15(19)8-9-20)11-12-4-6-13(16)7-5-12/h4-7,14,18,20H,2-3,8-11H2,1H3. The number of carbonyl (C=O) groups is 1. The summed E-state index contributed by atoms with van der Waals surface area (Å²) >= 11 is 11.7. The number of carbonyl (C=O) groups excluding carboxylic acids is 1. The summed E-state index contributed by atoms with van der Waals surface area (Å²) < 4.78 is 0. The Balaban J connectivity index is 2.71. The molecule has 0 saturated heterocycles. The highest BCUT2D eigenvalue weighted by molar-refractivity contribution is 7.98. The monoisotopic (exact) mass is 347 g/mol. The molecule has 0 aliphatic rings. The number of halogens is 1. The van der Waals surface area contributed by atoms with Crippen molar-refractivity contribution >= 4 is 41.9 Å². The molecule has 0 heterocycles. The third-order valence-electron chi connectivity index (χ3n) is 3.08. The van der Waals surface area contributed by atoms with Gasteiger partial charge in [0.1, 0.15) is 6.23 Å². The maximum Gasteiger partial charge on any atom is 0.225 e. The van der Waals surface area contributed by atoms with Gasteiger partial charge in [-0.3, -0.25) is 4.79 Å². The van der Waals surface area contributed by atoms with Crippen molar-refractivity contribution in [2.45, 2.75) is 32.0 Å². The molecular formula is C15H22ClNO2S2. The number of hydrogen-bond acceptors (Lipinski definition) is 4. The van der Waals surface area contributed by atoms with Crippen LogP contribution in [0.3, 0.4) is 0 Å². The van der Waals surface area contributed by atoms with Gasteiger partial charge in [0.05, 0.1) is 0 Å². The summed E-state index contributed by atoms with van der Waals surface area (Å²) in [5.74, 6) is 1.39. The van der Waals surface area contributed by atoms with E-state index in [2.05, 4.69) is 12.6 Å². The number of benzene rings is 1. The molecule has 1 atom stereocenters. The van der Waals surface area contributed by atoms with Crippen LogP contribution in [0.5, 0.6) is 0 Å². The van der Waals surface area contributed by atoms with Crippen molar-refractivity contribution in [2.75, 3.05) is 17.8 Å². The molecule has 0 aromatic heterocycles. The fourth-order valence-electron chi connectivity index (χ4n) is 1.95. The van der Waals surface area contributed by atoms with E-state index in [1.165, 1.54) is 4.90 Å². The number of hydrogen-bond donors (Lipinski definition) is 2. The van der Waals surface area contributed by atoms with E-state index in [0.717, 1.165) is 17.7 Å². The largest absolute Gasteiger partial charge is 0.374 e. The van der Waals surface area contributed by atoms with Crippen LogP contribution in [0.15, 0.2) is 24.3 Å². The van der Waals surface area contributed by atoms with Crippen LogP contribution in [-0.2, 0) is 11.3 Å². The first kappa shape index (κ1) is 18.7. The molecule has 0 aliphatic heterocycles. The first-order chi connectivity index (χ1) is 10.1. The van der Waals surface area contributed by atoms with Gasteiger partial charge in [0.15, 0.2) is 0 Å². The molecule has 0 bridgehead atoms. The zero-order chi connectivity index (χ0) is 15.7. The molecule has 3 nitrogen and oxygen atoms in total. The molecule has 0 spiro atoms. The lowest BCUT2D eigenvalue weighted by Crippen LogP contribution is -2.40. The second-order valence-corrected chi connectivity index (χ2v) is 6.61. The molecule has 0 saturated carbocycles. The third kappa shape index (κ3) is 6.96. The predicted molar refractivity (Wildman–Crippen MR) is 94.1 cm³/mol. The topological polar surface area (TPSA) is 40.5 Å². The summed E-state index contributed by atoms with van der Waals surface area (Å²) in [6, 6.07) is 7.33. The highest BCUT2D eigenvalue weighted by Crippen LogP contribution is 2.16. The Morgan fingerprint density at radius 3 is 2.67 bits per heavy atom. The number of aliphatic hydroxyl groups is 1. The Labute approximate surface area is 141 Å². The molecule has 1 aromatic rings. The Morgan fingerprint density at radius 2 is 2.10 bits per heavy atom. The normalized spacial score (nSPS) is 12.2. The van der Waals surface area contributed by atoms with Gasteiger partial charge in [-0.25, -0.2) is 0 Å². The van der Waals surface area contributed by atoms with Crippen LogP contribution in [0, 0.1) is 0 Å². The molecule has 1 unspecified atom stereocenters. The van der Waals surface area contributed by atoms with Crippen LogP contribution >= 0.6 is 36.0 Å².